The standard InChI is InChI=1S/C18H22N4O.ClH/c1-13-8-11-20-18(21-13)15-3-5-16(6-4-15)22-17(23)7-2-14-9-10-19-12-14;/h3-6,8,11,14,19H,2,7,9-10,12H2,1H3,(H,22,23);1H. The van der Waals surface area contributed by atoms with Gasteiger partial charge in [-0.15, -0.1) is 12.4 Å². The van der Waals surface area contributed by atoms with Gasteiger partial charge in [0.05, 0.1) is 0 Å². The molecule has 1 aromatic carbocycles. The lowest BCUT2D eigenvalue weighted by Gasteiger charge is -2.09. The molecular formula is C18H23ClN4O. The van der Waals surface area contributed by atoms with Crippen LogP contribution in [-0.2, 0) is 4.79 Å². The summed E-state index contributed by atoms with van der Waals surface area (Å²) in [5, 5.41) is 6.28. The van der Waals surface area contributed by atoms with Crippen LogP contribution >= 0.6 is 12.4 Å². The summed E-state index contributed by atoms with van der Waals surface area (Å²) in [6, 6.07) is 9.54. The van der Waals surface area contributed by atoms with E-state index in [0.717, 1.165) is 36.5 Å². The first-order chi connectivity index (χ1) is 11.2. The zero-order valence-electron chi connectivity index (χ0n) is 13.8. The van der Waals surface area contributed by atoms with Crippen LogP contribution in [0.15, 0.2) is 36.5 Å². The number of nitrogens with zero attached hydrogens (tertiary/aromatic N) is 2. The van der Waals surface area contributed by atoms with E-state index in [4.69, 9.17) is 0 Å². The second kappa shape index (κ2) is 8.76. The number of carbonyl (C=O) groups excluding carboxylic acids is 1. The van der Waals surface area contributed by atoms with Crippen molar-refractivity contribution >= 4 is 24.0 Å². The Kier molecular flexibility index (Phi) is 6.70. The summed E-state index contributed by atoms with van der Waals surface area (Å²) in [4.78, 5) is 20.7. The third-order valence-electron chi connectivity index (χ3n) is 4.16. The third kappa shape index (κ3) is 5.01. The van der Waals surface area contributed by atoms with E-state index in [1.54, 1.807) is 6.20 Å². The lowest BCUT2D eigenvalue weighted by atomic mass is 10.0. The molecule has 5 nitrogen and oxygen atoms in total. The predicted octanol–water partition coefficient (Wildman–Crippen LogP) is 3.20. The molecule has 0 radical (unpaired) electrons. The van der Waals surface area contributed by atoms with E-state index in [9.17, 15) is 4.79 Å². The van der Waals surface area contributed by atoms with Gasteiger partial charge in [0.25, 0.3) is 0 Å². The monoisotopic (exact) mass is 346 g/mol. The van der Waals surface area contributed by atoms with Gasteiger partial charge < -0.3 is 10.6 Å². The SMILES string of the molecule is Cc1ccnc(-c2ccc(NC(=O)CCC3CCNC3)cc2)n1.Cl. The lowest BCUT2D eigenvalue weighted by Crippen LogP contribution is -2.14. The van der Waals surface area contributed by atoms with Crippen LogP contribution in [0.2, 0.25) is 0 Å². The molecule has 1 aromatic heterocycles. The van der Waals surface area contributed by atoms with Crippen molar-refractivity contribution in [3.63, 3.8) is 0 Å². The van der Waals surface area contributed by atoms with Gasteiger partial charge in [0.15, 0.2) is 5.82 Å². The average molecular weight is 347 g/mol. The van der Waals surface area contributed by atoms with Crippen molar-refractivity contribution in [3.8, 4) is 11.4 Å². The van der Waals surface area contributed by atoms with Crippen LogP contribution in [0.3, 0.4) is 0 Å². The van der Waals surface area contributed by atoms with E-state index >= 15 is 0 Å². The number of halogens is 1. The number of hydrogen-bond donors (Lipinski definition) is 2. The second-order valence-corrected chi connectivity index (χ2v) is 6.04. The Morgan fingerprint density at radius 2 is 2.08 bits per heavy atom. The van der Waals surface area contributed by atoms with Crippen molar-refractivity contribution in [2.24, 2.45) is 5.92 Å². The van der Waals surface area contributed by atoms with Crippen molar-refractivity contribution in [1.29, 1.82) is 0 Å². The van der Waals surface area contributed by atoms with E-state index in [0.29, 0.717) is 18.2 Å². The van der Waals surface area contributed by atoms with Gasteiger partial charge in [0.2, 0.25) is 5.91 Å². The molecule has 0 saturated carbocycles. The Balaban J connectivity index is 0.00000208. The minimum absolute atomic E-state index is 0. The highest BCUT2D eigenvalue weighted by Crippen LogP contribution is 2.19. The molecule has 1 fully saturated rings. The third-order valence-corrected chi connectivity index (χ3v) is 4.16. The molecule has 24 heavy (non-hydrogen) atoms. The Labute approximate surface area is 148 Å². The van der Waals surface area contributed by atoms with Gasteiger partial charge in [-0.3, -0.25) is 4.79 Å². The fourth-order valence-electron chi connectivity index (χ4n) is 2.81. The Bertz CT molecular complexity index is 669. The van der Waals surface area contributed by atoms with Gasteiger partial charge in [0.1, 0.15) is 0 Å². The maximum absolute atomic E-state index is 12.0. The predicted molar refractivity (Wildman–Crippen MR) is 98.3 cm³/mol. The molecule has 2 heterocycles. The van der Waals surface area contributed by atoms with Crippen molar-refractivity contribution in [2.75, 3.05) is 18.4 Å². The van der Waals surface area contributed by atoms with Gasteiger partial charge in [-0.1, -0.05) is 0 Å². The minimum Gasteiger partial charge on any atom is -0.326 e. The van der Waals surface area contributed by atoms with Crippen molar-refractivity contribution in [1.82, 2.24) is 15.3 Å². The summed E-state index contributed by atoms with van der Waals surface area (Å²) >= 11 is 0. The van der Waals surface area contributed by atoms with Gasteiger partial charge >= 0.3 is 0 Å². The maximum Gasteiger partial charge on any atom is 0.224 e. The summed E-state index contributed by atoms with van der Waals surface area (Å²) in [5.74, 6) is 1.43. The Hall–Kier alpha value is -1.98. The first-order valence-electron chi connectivity index (χ1n) is 8.11. The molecule has 3 rings (SSSR count). The first-order valence-corrected chi connectivity index (χ1v) is 8.11. The number of amides is 1. The summed E-state index contributed by atoms with van der Waals surface area (Å²) in [5.41, 5.74) is 2.70. The molecule has 1 aliphatic rings. The molecule has 1 aliphatic heterocycles. The average Bonchev–Trinajstić information content (AvgIpc) is 3.07. The smallest absolute Gasteiger partial charge is 0.224 e. The number of aryl methyl sites for hydroxylation is 1. The normalized spacial score (nSPS) is 16.5. The first kappa shape index (κ1) is 18.4. The molecule has 6 heteroatoms. The Morgan fingerprint density at radius 1 is 1.29 bits per heavy atom. The molecule has 2 aromatic rings. The summed E-state index contributed by atoms with van der Waals surface area (Å²) in [6.07, 6.45) is 4.47. The van der Waals surface area contributed by atoms with Crippen LogP contribution in [0.1, 0.15) is 25.0 Å². The van der Waals surface area contributed by atoms with Crippen LogP contribution in [0.5, 0.6) is 0 Å². The van der Waals surface area contributed by atoms with E-state index in [1.165, 1.54) is 6.42 Å². The summed E-state index contributed by atoms with van der Waals surface area (Å²) < 4.78 is 0. The second-order valence-electron chi connectivity index (χ2n) is 6.04. The Morgan fingerprint density at radius 3 is 2.75 bits per heavy atom. The van der Waals surface area contributed by atoms with Crippen LogP contribution in [0, 0.1) is 12.8 Å². The van der Waals surface area contributed by atoms with Gasteiger partial charge in [-0.25, -0.2) is 9.97 Å². The quantitative estimate of drug-likeness (QED) is 0.872. The number of anilines is 1. The molecule has 1 atom stereocenters. The summed E-state index contributed by atoms with van der Waals surface area (Å²) in [7, 11) is 0. The van der Waals surface area contributed by atoms with E-state index in [2.05, 4.69) is 20.6 Å². The van der Waals surface area contributed by atoms with Gasteiger partial charge in [-0.05, 0) is 69.1 Å². The van der Waals surface area contributed by atoms with E-state index in [1.807, 2.05) is 37.3 Å². The largest absolute Gasteiger partial charge is 0.326 e. The number of aromatic nitrogens is 2. The minimum atomic E-state index is 0. The zero-order valence-corrected chi connectivity index (χ0v) is 14.6. The van der Waals surface area contributed by atoms with Crippen molar-refractivity contribution < 1.29 is 4.79 Å². The number of hydrogen-bond acceptors (Lipinski definition) is 4. The molecule has 2 N–H and O–H groups in total. The fraction of sp³-hybridized carbons (Fsp3) is 0.389. The lowest BCUT2D eigenvalue weighted by molar-refractivity contribution is -0.116. The highest BCUT2D eigenvalue weighted by molar-refractivity contribution is 5.90. The number of benzene rings is 1. The van der Waals surface area contributed by atoms with Crippen molar-refractivity contribution in [2.45, 2.75) is 26.2 Å². The molecule has 0 aliphatic carbocycles. The molecular weight excluding hydrogens is 324 g/mol. The zero-order chi connectivity index (χ0) is 16.1. The van der Waals surface area contributed by atoms with Crippen LogP contribution < -0.4 is 10.6 Å². The van der Waals surface area contributed by atoms with E-state index < -0.39 is 0 Å². The molecule has 1 amide bonds. The fourth-order valence-corrected chi connectivity index (χ4v) is 2.81. The number of rotatable bonds is 5. The van der Waals surface area contributed by atoms with Crippen LogP contribution in [-0.4, -0.2) is 29.0 Å². The number of carbonyl (C=O) groups is 1. The highest BCUT2D eigenvalue weighted by Gasteiger charge is 2.15. The van der Waals surface area contributed by atoms with E-state index in [-0.39, 0.29) is 18.3 Å². The molecule has 1 unspecified atom stereocenters. The van der Waals surface area contributed by atoms with Gasteiger partial charge in [0, 0.05) is 29.6 Å². The molecule has 0 bridgehead atoms. The summed E-state index contributed by atoms with van der Waals surface area (Å²) in [6.45, 7) is 4.06. The highest BCUT2D eigenvalue weighted by atomic mass is 35.5. The topological polar surface area (TPSA) is 66.9 Å². The molecule has 0 spiro atoms. The van der Waals surface area contributed by atoms with Crippen LogP contribution in [0.25, 0.3) is 11.4 Å². The molecule has 128 valence electrons. The molecule has 1 saturated heterocycles. The van der Waals surface area contributed by atoms with Gasteiger partial charge in [-0.2, -0.15) is 0 Å². The maximum atomic E-state index is 12.0. The van der Waals surface area contributed by atoms with Crippen LogP contribution in [0.4, 0.5) is 5.69 Å². The van der Waals surface area contributed by atoms with Crippen molar-refractivity contribution in [3.05, 3.63) is 42.2 Å². The number of nitrogens with one attached hydrogen (secondary N) is 2.